The highest BCUT2D eigenvalue weighted by Gasteiger charge is 2.39. The van der Waals surface area contributed by atoms with E-state index in [-0.39, 0.29) is 0 Å². The molecule has 1 heterocycles. The number of rotatable bonds is 14. The Bertz CT molecular complexity index is 381. The molecule has 132 valence electrons. The number of nitrogens with zero attached hydrogens (tertiary/aromatic N) is 3. The zero-order chi connectivity index (χ0) is 16.8. The van der Waals surface area contributed by atoms with E-state index >= 15 is 0 Å². The third-order valence-corrected chi connectivity index (χ3v) is 6.43. The van der Waals surface area contributed by atoms with Gasteiger partial charge in [-0.15, -0.1) is 0 Å². The standard InChI is InChI=1S/C15H30N4O3Si/c1-4-20-23(21-5-2,22-6-3)12-10-8-7-9-11-17-15-18-13-16-14-19-15/h13-14H,4-12H2,1-3H3,(H,16,17,18,19). The summed E-state index contributed by atoms with van der Waals surface area (Å²) in [5, 5.41) is 3.19. The van der Waals surface area contributed by atoms with Crippen molar-refractivity contribution in [2.24, 2.45) is 0 Å². The average Bonchev–Trinajstić information content (AvgIpc) is 2.56. The van der Waals surface area contributed by atoms with Crippen molar-refractivity contribution in [1.29, 1.82) is 0 Å². The number of anilines is 1. The maximum Gasteiger partial charge on any atom is 0.500 e. The van der Waals surface area contributed by atoms with Gasteiger partial charge < -0.3 is 18.6 Å². The number of hydrogen-bond acceptors (Lipinski definition) is 7. The lowest BCUT2D eigenvalue weighted by molar-refractivity contribution is 0.0706. The lowest BCUT2D eigenvalue weighted by Crippen LogP contribution is -2.45. The first-order chi connectivity index (χ1) is 11.3. The number of aromatic nitrogens is 3. The van der Waals surface area contributed by atoms with Gasteiger partial charge in [-0.3, -0.25) is 0 Å². The topological polar surface area (TPSA) is 78.4 Å². The van der Waals surface area contributed by atoms with Crippen LogP contribution in [0, 0.1) is 0 Å². The van der Waals surface area contributed by atoms with E-state index < -0.39 is 8.80 Å². The lowest BCUT2D eigenvalue weighted by Gasteiger charge is -2.28. The minimum absolute atomic E-state index is 0.635. The van der Waals surface area contributed by atoms with Crippen LogP contribution in [0.4, 0.5) is 5.95 Å². The first-order valence-electron chi connectivity index (χ1n) is 8.54. The first-order valence-corrected chi connectivity index (χ1v) is 10.5. The monoisotopic (exact) mass is 342 g/mol. The highest BCUT2D eigenvalue weighted by atomic mass is 28.4. The van der Waals surface area contributed by atoms with Gasteiger partial charge in [-0.1, -0.05) is 12.8 Å². The van der Waals surface area contributed by atoms with Crippen molar-refractivity contribution in [2.45, 2.75) is 52.5 Å². The molecular weight excluding hydrogens is 312 g/mol. The third-order valence-electron chi connectivity index (χ3n) is 3.28. The Hall–Kier alpha value is -1.09. The molecule has 0 aliphatic heterocycles. The molecule has 0 fully saturated rings. The molecule has 0 bridgehead atoms. The van der Waals surface area contributed by atoms with Crippen LogP contribution in [-0.2, 0) is 13.3 Å². The third kappa shape index (κ3) is 8.36. The van der Waals surface area contributed by atoms with E-state index in [1.807, 2.05) is 20.8 Å². The van der Waals surface area contributed by atoms with Crippen LogP contribution in [0.5, 0.6) is 0 Å². The van der Waals surface area contributed by atoms with Crippen molar-refractivity contribution in [3.63, 3.8) is 0 Å². The van der Waals surface area contributed by atoms with Crippen LogP contribution in [-0.4, -0.2) is 50.1 Å². The molecule has 0 unspecified atom stereocenters. The second kappa shape index (κ2) is 12.3. The van der Waals surface area contributed by atoms with E-state index in [0.29, 0.717) is 25.8 Å². The minimum Gasteiger partial charge on any atom is -0.374 e. The van der Waals surface area contributed by atoms with Gasteiger partial charge in [0.05, 0.1) is 0 Å². The van der Waals surface area contributed by atoms with E-state index in [1.54, 1.807) is 0 Å². The Morgan fingerprint density at radius 3 is 2.00 bits per heavy atom. The van der Waals surface area contributed by atoms with Crippen molar-refractivity contribution in [1.82, 2.24) is 15.0 Å². The number of hydrogen-bond donors (Lipinski definition) is 1. The molecule has 0 aromatic carbocycles. The summed E-state index contributed by atoms with van der Waals surface area (Å²) < 4.78 is 17.6. The maximum atomic E-state index is 5.86. The van der Waals surface area contributed by atoms with Crippen molar-refractivity contribution in [3.05, 3.63) is 12.7 Å². The fourth-order valence-corrected chi connectivity index (χ4v) is 5.04. The summed E-state index contributed by atoms with van der Waals surface area (Å²) in [6.45, 7) is 8.77. The second-order valence-corrected chi connectivity index (χ2v) is 7.77. The van der Waals surface area contributed by atoms with Crippen molar-refractivity contribution >= 4 is 14.8 Å². The van der Waals surface area contributed by atoms with Crippen LogP contribution in [0.25, 0.3) is 0 Å². The molecule has 0 saturated carbocycles. The van der Waals surface area contributed by atoms with E-state index in [4.69, 9.17) is 13.3 Å². The molecule has 7 nitrogen and oxygen atoms in total. The van der Waals surface area contributed by atoms with Gasteiger partial charge in [0.2, 0.25) is 5.95 Å². The number of unbranched alkanes of at least 4 members (excludes halogenated alkanes) is 3. The van der Waals surface area contributed by atoms with Crippen LogP contribution >= 0.6 is 0 Å². The van der Waals surface area contributed by atoms with Gasteiger partial charge in [0.1, 0.15) is 12.7 Å². The van der Waals surface area contributed by atoms with Gasteiger partial charge in [-0.25, -0.2) is 15.0 Å². The molecule has 0 radical (unpaired) electrons. The zero-order valence-electron chi connectivity index (χ0n) is 14.6. The minimum atomic E-state index is -2.46. The number of nitrogens with one attached hydrogen (secondary N) is 1. The first kappa shape index (κ1) is 20.0. The van der Waals surface area contributed by atoms with E-state index in [0.717, 1.165) is 38.3 Å². The van der Waals surface area contributed by atoms with Gasteiger partial charge in [0, 0.05) is 32.4 Å². The van der Waals surface area contributed by atoms with Crippen LogP contribution in [0.3, 0.4) is 0 Å². The van der Waals surface area contributed by atoms with Gasteiger partial charge in [-0.2, -0.15) is 0 Å². The predicted octanol–water partition coefficient (Wildman–Crippen LogP) is 2.89. The Morgan fingerprint density at radius 1 is 0.870 bits per heavy atom. The Morgan fingerprint density at radius 2 is 1.43 bits per heavy atom. The molecule has 0 spiro atoms. The average molecular weight is 343 g/mol. The molecule has 8 heteroatoms. The maximum absolute atomic E-state index is 5.86. The molecule has 0 aliphatic carbocycles. The molecule has 0 saturated heterocycles. The summed E-state index contributed by atoms with van der Waals surface area (Å²) in [6.07, 6.45) is 7.42. The van der Waals surface area contributed by atoms with Gasteiger partial charge >= 0.3 is 8.80 Å². The molecular formula is C15H30N4O3Si. The molecule has 0 aliphatic rings. The summed E-state index contributed by atoms with van der Waals surface area (Å²) in [4.78, 5) is 11.8. The summed E-state index contributed by atoms with van der Waals surface area (Å²) in [6, 6.07) is 0.892. The van der Waals surface area contributed by atoms with Crippen LogP contribution in [0.2, 0.25) is 6.04 Å². The molecule has 1 aromatic heterocycles. The summed E-state index contributed by atoms with van der Waals surface area (Å²) in [7, 11) is -2.46. The van der Waals surface area contributed by atoms with Crippen LogP contribution in [0.15, 0.2) is 12.7 Å². The van der Waals surface area contributed by atoms with Crippen LogP contribution < -0.4 is 5.32 Å². The van der Waals surface area contributed by atoms with Crippen molar-refractivity contribution in [3.8, 4) is 0 Å². The highest BCUT2D eigenvalue weighted by Crippen LogP contribution is 2.20. The lowest BCUT2D eigenvalue weighted by atomic mass is 10.2. The van der Waals surface area contributed by atoms with E-state index in [2.05, 4.69) is 20.3 Å². The molecule has 1 aromatic rings. The van der Waals surface area contributed by atoms with Crippen LogP contribution in [0.1, 0.15) is 46.5 Å². The largest absolute Gasteiger partial charge is 0.500 e. The summed E-state index contributed by atoms with van der Waals surface area (Å²) in [5.41, 5.74) is 0. The molecule has 1 N–H and O–H groups in total. The Balaban J connectivity index is 2.17. The van der Waals surface area contributed by atoms with Gasteiger partial charge in [-0.05, 0) is 33.6 Å². The quantitative estimate of drug-likeness (QED) is 0.411. The van der Waals surface area contributed by atoms with Gasteiger partial charge in [0.25, 0.3) is 0 Å². The molecule has 23 heavy (non-hydrogen) atoms. The predicted molar refractivity (Wildman–Crippen MR) is 92.2 cm³/mol. The normalized spacial score (nSPS) is 11.6. The van der Waals surface area contributed by atoms with E-state index in [1.165, 1.54) is 12.7 Å². The molecule has 0 amide bonds. The Kier molecular flexibility index (Phi) is 10.7. The smallest absolute Gasteiger partial charge is 0.374 e. The SMILES string of the molecule is CCO[Si](CCCCCCNc1ncncn1)(OCC)OCC. The fraction of sp³-hybridized carbons (Fsp3) is 0.800. The summed E-state index contributed by atoms with van der Waals surface area (Å²) in [5.74, 6) is 0.635. The van der Waals surface area contributed by atoms with Gasteiger partial charge in [0.15, 0.2) is 0 Å². The van der Waals surface area contributed by atoms with Crippen molar-refractivity contribution < 1.29 is 13.3 Å². The molecule has 1 rings (SSSR count). The second-order valence-electron chi connectivity index (χ2n) is 5.03. The highest BCUT2D eigenvalue weighted by molar-refractivity contribution is 6.60. The Labute approximate surface area is 140 Å². The van der Waals surface area contributed by atoms with E-state index in [9.17, 15) is 0 Å². The molecule has 0 atom stereocenters. The zero-order valence-corrected chi connectivity index (χ0v) is 15.6. The fourth-order valence-electron chi connectivity index (χ4n) is 2.35. The summed E-state index contributed by atoms with van der Waals surface area (Å²) >= 11 is 0. The van der Waals surface area contributed by atoms with Crippen molar-refractivity contribution in [2.75, 3.05) is 31.7 Å².